The summed E-state index contributed by atoms with van der Waals surface area (Å²) < 4.78 is 0. The smallest absolute Gasteiger partial charge is 0.0366 e. The molecular weight excluding hydrogens is 318 g/mol. The molecule has 1 atom stereocenters. The Morgan fingerprint density at radius 2 is 1.38 bits per heavy atom. The van der Waals surface area contributed by atoms with Crippen LogP contribution >= 0.6 is 0 Å². The molecule has 0 aliphatic carbocycles. The lowest BCUT2D eigenvalue weighted by molar-refractivity contribution is 0.110. The average molecular weight is 350 g/mol. The molecule has 2 aliphatic rings. The molecule has 0 unspecified atom stereocenters. The summed E-state index contributed by atoms with van der Waals surface area (Å²) in [4.78, 5) is 7.88. The third-order valence-corrected chi connectivity index (χ3v) is 5.87. The van der Waals surface area contributed by atoms with Gasteiger partial charge in [-0.2, -0.15) is 0 Å². The van der Waals surface area contributed by atoms with Crippen LogP contribution in [-0.2, 0) is 6.54 Å². The van der Waals surface area contributed by atoms with Crippen molar-refractivity contribution in [3.05, 3.63) is 66.2 Å². The number of rotatable bonds is 5. The van der Waals surface area contributed by atoms with Crippen molar-refractivity contribution in [1.29, 1.82) is 0 Å². The molecule has 138 valence electrons. The molecule has 4 rings (SSSR count). The summed E-state index contributed by atoms with van der Waals surface area (Å²) in [5.74, 6) is 0.810. The minimum Gasteiger partial charge on any atom is -0.371 e. The topological polar surface area (TPSA) is 9.72 Å². The minimum absolute atomic E-state index is 0.810. The lowest BCUT2D eigenvalue weighted by atomic mass is 9.96. The van der Waals surface area contributed by atoms with Gasteiger partial charge in [-0.3, -0.25) is 4.90 Å². The first-order valence-electron chi connectivity index (χ1n) is 10.2. The first-order chi connectivity index (χ1) is 12.9. The fraction of sp³-hybridized carbons (Fsp3) is 0.478. The van der Waals surface area contributed by atoms with Gasteiger partial charge in [0.05, 0.1) is 0 Å². The summed E-state index contributed by atoms with van der Waals surface area (Å²) in [5.41, 5.74) is 2.83. The van der Waals surface area contributed by atoms with Crippen LogP contribution in [0.3, 0.4) is 0 Å². The van der Waals surface area contributed by atoms with Crippen LogP contribution in [-0.4, -0.2) is 55.6 Å². The molecule has 2 fully saturated rings. The van der Waals surface area contributed by atoms with E-state index in [1.165, 1.54) is 69.9 Å². The van der Waals surface area contributed by atoms with Crippen LogP contribution in [0.15, 0.2) is 60.7 Å². The van der Waals surface area contributed by atoms with Gasteiger partial charge < -0.3 is 9.80 Å². The zero-order valence-electron chi connectivity index (χ0n) is 15.8. The van der Waals surface area contributed by atoms with Crippen molar-refractivity contribution in [3.63, 3.8) is 0 Å². The molecule has 3 heteroatoms. The van der Waals surface area contributed by atoms with E-state index in [1.54, 1.807) is 0 Å². The van der Waals surface area contributed by atoms with E-state index in [0.29, 0.717) is 0 Å². The molecule has 0 N–H and O–H groups in total. The zero-order chi connectivity index (χ0) is 17.6. The molecule has 0 spiro atoms. The molecule has 2 aromatic carbocycles. The Bertz CT molecular complexity index is 650. The Morgan fingerprint density at radius 3 is 2.12 bits per heavy atom. The van der Waals surface area contributed by atoms with E-state index >= 15 is 0 Å². The van der Waals surface area contributed by atoms with Gasteiger partial charge in [0.25, 0.3) is 0 Å². The lowest BCUT2D eigenvalue weighted by Gasteiger charge is -2.40. The molecule has 0 bridgehead atoms. The highest BCUT2D eigenvalue weighted by atomic mass is 15.3. The first kappa shape index (κ1) is 17.6. The highest BCUT2D eigenvalue weighted by Gasteiger charge is 2.24. The van der Waals surface area contributed by atoms with Gasteiger partial charge in [0.1, 0.15) is 0 Å². The summed E-state index contributed by atoms with van der Waals surface area (Å²) in [6, 6.07) is 21.8. The van der Waals surface area contributed by atoms with Gasteiger partial charge in [0.2, 0.25) is 0 Å². The van der Waals surface area contributed by atoms with Crippen LogP contribution in [0, 0.1) is 5.92 Å². The summed E-state index contributed by atoms with van der Waals surface area (Å²) in [6.45, 7) is 9.62. The van der Waals surface area contributed by atoms with Crippen molar-refractivity contribution >= 4 is 5.69 Å². The standard InChI is InChI=1S/C23H31N3/c1-3-8-21(9-4-1)18-24-14-16-25(17-15-24)19-22-10-7-13-26(20-22)23-11-5-2-6-12-23/h1-6,8-9,11-12,22H,7,10,13-20H2/t22-/m0/s1. The minimum atomic E-state index is 0.810. The van der Waals surface area contributed by atoms with Gasteiger partial charge in [-0.25, -0.2) is 0 Å². The van der Waals surface area contributed by atoms with Gasteiger partial charge in [0, 0.05) is 58.0 Å². The zero-order valence-corrected chi connectivity index (χ0v) is 15.8. The fourth-order valence-electron chi connectivity index (χ4n) is 4.42. The average Bonchev–Trinajstić information content (AvgIpc) is 2.71. The lowest BCUT2D eigenvalue weighted by Crippen LogP contribution is -2.49. The number of nitrogens with zero attached hydrogens (tertiary/aromatic N) is 3. The Hall–Kier alpha value is -1.84. The quantitative estimate of drug-likeness (QED) is 0.814. The number of piperidine rings is 1. The Balaban J connectivity index is 1.24. The molecular formula is C23H31N3. The van der Waals surface area contributed by atoms with E-state index in [4.69, 9.17) is 0 Å². The second-order valence-corrected chi connectivity index (χ2v) is 7.85. The van der Waals surface area contributed by atoms with Gasteiger partial charge in [-0.1, -0.05) is 48.5 Å². The number of hydrogen-bond acceptors (Lipinski definition) is 3. The first-order valence-corrected chi connectivity index (χ1v) is 10.2. The van der Waals surface area contributed by atoms with Crippen LogP contribution in [0.2, 0.25) is 0 Å². The van der Waals surface area contributed by atoms with Crippen molar-refractivity contribution in [1.82, 2.24) is 9.80 Å². The Kier molecular flexibility index (Phi) is 5.88. The molecule has 2 aliphatic heterocycles. The largest absolute Gasteiger partial charge is 0.371 e. The Morgan fingerprint density at radius 1 is 0.731 bits per heavy atom. The van der Waals surface area contributed by atoms with Gasteiger partial charge in [-0.05, 0) is 36.5 Å². The second kappa shape index (κ2) is 8.70. The second-order valence-electron chi connectivity index (χ2n) is 7.85. The number of para-hydroxylation sites is 1. The van der Waals surface area contributed by atoms with Gasteiger partial charge in [-0.15, -0.1) is 0 Å². The molecule has 0 amide bonds. The number of hydrogen-bond donors (Lipinski definition) is 0. The van der Waals surface area contributed by atoms with Gasteiger partial charge in [0.15, 0.2) is 0 Å². The number of benzene rings is 2. The van der Waals surface area contributed by atoms with E-state index in [2.05, 4.69) is 75.4 Å². The van der Waals surface area contributed by atoms with E-state index in [9.17, 15) is 0 Å². The van der Waals surface area contributed by atoms with E-state index in [-0.39, 0.29) is 0 Å². The van der Waals surface area contributed by atoms with Crippen molar-refractivity contribution in [2.24, 2.45) is 5.92 Å². The fourth-order valence-corrected chi connectivity index (χ4v) is 4.42. The molecule has 2 saturated heterocycles. The monoisotopic (exact) mass is 349 g/mol. The summed E-state index contributed by atoms with van der Waals surface area (Å²) in [5, 5.41) is 0. The van der Waals surface area contributed by atoms with Crippen molar-refractivity contribution in [3.8, 4) is 0 Å². The third kappa shape index (κ3) is 4.66. The predicted octanol–water partition coefficient (Wildman–Crippen LogP) is 3.72. The SMILES string of the molecule is c1ccc(CN2CCN(C[C@@H]3CCCN(c4ccccc4)C3)CC2)cc1. The van der Waals surface area contributed by atoms with Crippen LogP contribution in [0.5, 0.6) is 0 Å². The number of piperazine rings is 1. The maximum atomic E-state index is 2.70. The predicted molar refractivity (Wildman–Crippen MR) is 110 cm³/mol. The van der Waals surface area contributed by atoms with Crippen molar-refractivity contribution in [2.75, 3.05) is 50.7 Å². The third-order valence-electron chi connectivity index (χ3n) is 5.87. The molecule has 2 aromatic rings. The molecule has 0 aromatic heterocycles. The maximum absolute atomic E-state index is 2.70. The molecule has 0 saturated carbocycles. The van der Waals surface area contributed by atoms with Crippen LogP contribution < -0.4 is 4.90 Å². The van der Waals surface area contributed by atoms with Crippen LogP contribution in [0.25, 0.3) is 0 Å². The summed E-state index contributed by atoms with van der Waals surface area (Å²) in [6.07, 6.45) is 2.71. The maximum Gasteiger partial charge on any atom is 0.0366 e. The van der Waals surface area contributed by atoms with Crippen LogP contribution in [0.4, 0.5) is 5.69 Å². The molecule has 2 heterocycles. The van der Waals surface area contributed by atoms with E-state index in [1.807, 2.05) is 0 Å². The van der Waals surface area contributed by atoms with Crippen molar-refractivity contribution in [2.45, 2.75) is 19.4 Å². The van der Waals surface area contributed by atoms with E-state index < -0.39 is 0 Å². The van der Waals surface area contributed by atoms with Crippen LogP contribution in [0.1, 0.15) is 18.4 Å². The summed E-state index contributed by atoms with van der Waals surface area (Å²) in [7, 11) is 0. The molecule has 26 heavy (non-hydrogen) atoms. The summed E-state index contributed by atoms with van der Waals surface area (Å²) >= 11 is 0. The normalized spacial score (nSPS) is 22.5. The highest BCUT2D eigenvalue weighted by molar-refractivity contribution is 5.46. The molecule has 0 radical (unpaired) electrons. The highest BCUT2D eigenvalue weighted by Crippen LogP contribution is 2.24. The van der Waals surface area contributed by atoms with Crippen molar-refractivity contribution < 1.29 is 0 Å². The molecule has 3 nitrogen and oxygen atoms in total. The Labute approximate surface area is 158 Å². The van der Waals surface area contributed by atoms with E-state index in [0.717, 1.165) is 12.5 Å². The number of anilines is 1. The van der Waals surface area contributed by atoms with Gasteiger partial charge >= 0.3 is 0 Å².